The molecule has 0 heterocycles. The molecule has 4 heteroatoms. The Morgan fingerprint density at radius 2 is 1.85 bits per heavy atom. The number of nitrogen functional groups attached to an aromatic ring is 1. The zero-order chi connectivity index (χ0) is 14.4. The first-order valence-corrected chi connectivity index (χ1v) is 6.38. The van der Waals surface area contributed by atoms with Crippen LogP contribution in [0, 0.1) is 6.92 Å². The normalized spacial score (nSPS) is 10.1. The Balaban J connectivity index is 1.79. The van der Waals surface area contributed by atoms with Crippen LogP contribution in [0.25, 0.3) is 0 Å². The van der Waals surface area contributed by atoms with Gasteiger partial charge in [0.1, 0.15) is 19.0 Å². The van der Waals surface area contributed by atoms with E-state index < -0.39 is 0 Å². The Labute approximate surface area is 118 Å². The molecule has 0 atom stereocenters. The highest BCUT2D eigenvalue weighted by atomic mass is 16.6. The Morgan fingerprint density at radius 1 is 1.10 bits per heavy atom. The molecule has 0 saturated carbocycles. The van der Waals surface area contributed by atoms with Crippen molar-refractivity contribution in [3.63, 3.8) is 0 Å². The van der Waals surface area contributed by atoms with Crippen molar-refractivity contribution in [3.8, 4) is 5.75 Å². The third-order valence-electron chi connectivity index (χ3n) is 2.83. The fourth-order valence-corrected chi connectivity index (χ4v) is 1.70. The molecule has 0 bridgehead atoms. The lowest BCUT2D eigenvalue weighted by Crippen LogP contribution is -2.12. The lowest BCUT2D eigenvalue weighted by atomic mass is 10.1. The molecule has 0 aliphatic carbocycles. The van der Waals surface area contributed by atoms with Gasteiger partial charge in [0.05, 0.1) is 5.56 Å². The van der Waals surface area contributed by atoms with Gasteiger partial charge < -0.3 is 15.2 Å². The van der Waals surface area contributed by atoms with E-state index in [4.69, 9.17) is 15.2 Å². The smallest absolute Gasteiger partial charge is 0.338 e. The second-order valence-electron chi connectivity index (χ2n) is 4.37. The minimum Gasteiger partial charge on any atom is -0.490 e. The van der Waals surface area contributed by atoms with Gasteiger partial charge in [0.2, 0.25) is 0 Å². The van der Waals surface area contributed by atoms with E-state index in [2.05, 4.69) is 0 Å². The molecule has 0 fully saturated rings. The van der Waals surface area contributed by atoms with Gasteiger partial charge in [-0.05, 0) is 42.8 Å². The lowest BCUT2D eigenvalue weighted by molar-refractivity contribution is 0.0450. The first kappa shape index (κ1) is 13.9. The topological polar surface area (TPSA) is 61.5 Å². The minimum absolute atomic E-state index is 0.206. The average molecular weight is 271 g/mol. The van der Waals surface area contributed by atoms with Crippen LogP contribution in [0.1, 0.15) is 15.9 Å². The predicted octanol–water partition coefficient (Wildman–Crippen LogP) is 2.81. The highest BCUT2D eigenvalue weighted by molar-refractivity contribution is 5.90. The van der Waals surface area contributed by atoms with Crippen LogP contribution >= 0.6 is 0 Å². The molecule has 0 unspecified atom stereocenters. The quantitative estimate of drug-likeness (QED) is 0.516. The molecule has 0 saturated heterocycles. The van der Waals surface area contributed by atoms with Crippen LogP contribution in [-0.4, -0.2) is 19.2 Å². The van der Waals surface area contributed by atoms with Crippen molar-refractivity contribution < 1.29 is 14.3 Å². The molecule has 2 N–H and O–H groups in total. The fourth-order valence-electron chi connectivity index (χ4n) is 1.70. The van der Waals surface area contributed by atoms with Gasteiger partial charge in [0.15, 0.2) is 0 Å². The zero-order valence-electron chi connectivity index (χ0n) is 11.3. The van der Waals surface area contributed by atoms with E-state index >= 15 is 0 Å². The first-order valence-electron chi connectivity index (χ1n) is 6.38. The number of aryl methyl sites for hydroxylation is 1. The maximum atomic E-state index is 11.8. The van der Waals surface area contributed by atoms with Crippen molar-refractivity contribution in [2.75, 3.05) is 18.9 Å². The third-order valence-corrected chi connectivity index (χ3v) is 2.83. The summed E-state index contributed by atoms with van der Waals surface area (Å²) < 4.78 is 10.6. The number of esters is 1. The number of hydrogen-bond acceptors (Lipinski definition) is 4. The first-order chi connectivity index (χ1) is 9.66. The molecule has 2 rings (SSSR count). The number of rotatable bonds is 5. The number of carbonyl (C=O) groups is 1. The summed E-state index contributed by atoms with van der Waals surface area (Å²) in [4.78, 5) is 11.8. The lowest BCUT2D eigenvalue weighted by Gasteiger charge is -2.08. The molecule has 0 aliphatic rings. The highest BCUT2D eigenvalue weighted by Crippen LogP contribution is 2.13. The molecule has 0 radical (unpaired) electrons. The van der Waals surface area contributed by atoms with Gasteiger partial charge in [-0.15, -0.1) is 0 Å². The third kappa shape index (κ3) is 3.75. The van der Waals surface area contributed by atoms with E-state index in [0.29, 0.717) is 17.9 Å². The standard InChI is InChI=1S/C16H17NO3/c1-12-11-13(7-8-15(12)17)16(18)20-10-9-19-14-5-3-2-4-6-14/h2-8,11H,9-10,17H2,1H3. The van der Waals surface area contributed by atoms with Crippen molar-refractivity contribution in [1.29, 1.82) is 0 Å². The number of benzene rings is 2. The Hall–Kier alpha value is -2.49. The molecule has 2 aromatic rings. The molecular weight excluding hydrogens is 254 g/mol. The molecule has 0 amide bonds. The van der Waals surface area contributed by atoms with E-state index in [1.807, 2.05) is 37.3 Å². The predicted molar refractivity (Wildman–Crippen MR) is 77.8 cm³/mol. The fraction of sp³-hybridized carbons (Fsp3) is 0.188. The summed E-state index contributed by atoms with van der Waals surface area (Å²) in [6.45, 7) is 2.38. The van der Waals surface area contributed by atoms with Crippen molar-refractivity contribution in [2.24, 2.45) is 0 Å². The molecule has 0 aliphatic heterocycles. The summed E-state index contributed by atoms with van der Waals surface area (Å²) in [5.41, 5.74) is 7.72. The molecule has 104 valence electrons. The van der Waals surface area contributed by atoms with E-state index in [1.54, 1.807) is 18.2 Å². The Bertz CT molecular complexity index is 582. The SMILES string of the molecule is Cc1cc(C(=O)OCCOc2ccccc2)ccc1N. The second-order valence-corrected chi connectivity index (χ2v) is 4.37. The number of nitrogens with two attached hydrogens (primary N) is 1. The number of anilines is 1. The Morgan fingerprint density at radius 3 is 2.55 bits per heavy atom. The zero-order valence-corrected chi connectivity index (χ0v) is 11.3. The summed E-state index contributed by atoms with van der Waals surface area (Å²) in [7, 11) is 0. The largest absolute Gasteiger partial charge is 0.490 e. The van der Waals surface area contributed by atoms with Crippen molar-refractivity contribution >= 4 is 11.7 Å². The number of hydrogen-bond donors (Lipinski definition) is 1. The molecular formula is C16H17NO3. The molecule has 0 spiro atoms. The molecule has 0 aromatic heterocycles. The number of para-hydroxylation sites is 1. The van der Waals surface area contributed by atoms with Crippen LogP contribution < -0.4 is 10.5 Å². The molecule has 20 heavy (non-hydrogen) atoms. The van der Waals surface area contributed by atoms with Gasteiger partial charge in [-0.3, -0.25) is 0 Å². The second kappa shape index (κ2) is 6.61. The van der Waals surface area contributed by atoms with Gasteiger partial charge in [0, 0.05) is 5.69 Å². The van der Waals surface area contributed by atoms with Crippen LogP contribution in [0.2, 0.25) is 0 Å². The van der Waals surface area contributed by atoms with E-state index in [1.165, 1.54) is 0 Å². The Kier molecular flexibility index (Phi) is 4.60. The maximum Gasteiger partial charge on any atom is 0.338 e. The minimum atomic E-state index is -0.371. The summed E-state index contributed by atoms with van der Waals surface area (Å²) in [6.07, 6.45) is 0. The van der Waals surface area contributed by atoms with Crippen molar-refractivity contribution in [1.82, 2.24) is 0 Å². The van der Waals surface area contributed by atoms with E-state index in [0.717, 1.165) is 11.3 Å². The average Bonchev–Trinajstić information content (AvgIpc) is 2.47. The summed E-state index contributed by atoms with van der Waals surface area (Å²) in [6, 6.07) is 14.5. The monoisotopic (exact) mass is 271 g/mol. The maximum absolute atomic E-state index is 11.8. The van der Waals surface area contributed by atoms with Gasteiger partial charge >= 0.3 is 5.97 Å². The molecule has 4 nitrogen and oxygen atoms in total. The van der Waals surface area contributed by atoms with Gasteiger partial charge in [-0.2, -0.15) is 0 Å². The van der Waals surface area contributed by atoms with E-state index in [9.17, 15) is 4.79 Å². The van der Waals surface area contributed by atoms with Gasteiger partial charge in [-0.1, -0.05) is 18.2 Å². The number of carbonyl (C=O) groups excluding carboxylic acids is 1. The van der Waals surface area contributed by atoms with E-state index in [-0.39, 0.29) is 12.6 Å². The van der Waals surface area contributed by atoms with Gasteiger partial charge in [0.25, 0.3) is 0 Å². The van der Waals surface area contributed by atoms with Crippen LogP contribution in [0.3, 0.4) is 0 Å². The van der Waals surface area contributed by atoms with Crippen LogP contribution in [0.5, 0.6) is 5.75 Å². The number of ether oxygens (including phenoxy) is 2. The summed E-state index contributed by atoms with van der Waals surface area (Å²) in [5, 5.41) is 0. The summed E-state index contributed by atoms with van der Waals surface area (Å²) in [5.74, 6) is 0.386. The van der Waals surface area contributed by atoms with Crippen molar-refractivity contribution in [2.45, 2.75) is 6.92 Å². The molecule has 2 aromatic carbocycles. The van der Waals surface area contributed by atoms with Crippen LogP contribution in [-0.2, 0) is 4.74 Å². The highest BCUT2D eigenvalue weighted by Gasteiger charge is 2.08. The van der Waals surface area contributed by atoms with Crippen LogP contribution in [0.4, 0.5) is 5.69 Å². The van der Waals surface area contributed by atoms with Gasteiger partial charge in [-0.25, -0.2) is 4.79 Å². The van der Waals surface area contributed by atoms with Crippen LogP contribution in [0.15, 0.2) is 48.5 Å². The summed E-state index contributed by atoms with van der Waals surface area (Å²) >= 11 is 0. The van der Waals surface area contributed by atoms with Crippen molar-refractivity contribution in [3.05, 3.63) is 59.7 Å².